The van der Waals surface area contributed by atoms with Crippen molar-refractivity contribution in [2.45, 2.75) is 12.7 Å². The van der Waals surface area contributed by atoms with Gasteiger partial charge in [-0.3, -0.25) is 0 Å². The van der Waals surface area contributed by atoms with Crippen LogP contribution >= 0.6 is 0 Å². The first kappa shape index (κ1) is 20.1. The van der Waals surface area contributed by atoms with Gasteiger partial charge in [0.25, 0.3) is 0 Å². The number of amides is 2. The number of nitrogens with one attached hydrogen (secondary N) is 2. The number of anilines is 1. The lowest BCUT2D eigenvalue weighted by Crippen LogP contribution is -2.29. The molecule has 0 unspecified atom stereocenters. The number of alkyl halides is 3. The van der Waals surface area contributed by atoms with E-state index in [2.05, 4.69) is 15.6 Å². The van der Waals surface area contributed by atoms with Crippen LogP contribution in [0.25, 0.3) is 0 Å². The maximum absolute atomic E-state index is 13.3. The number of urea groups is 1. The van der Waals surface area contributed by atoms with Crippen molar-refractivity contribution < 1.29 is 27.1 Å². The summed E-state index contributed by atoms with van der Waals surface area (Å²) in [5.74, 6) is -0.136. The standard InChI is InChI=1S/C20H15F4N3O2/c21-14-6-3-7-15(11-14)29-18-13(5-4-10-25-18)12-26-19(28)27-17-9-2-1-8-16(17)20(22,23)24/h1-11H,12H2,(H2,26,27,28). The fraction of sp³-hybridized carbons (Fsp3) is 0.100. The van der Waals surface area contributed by atoms with Crippen LogP contribution in [-0.4, -0.2) is 11.0 Å². The zero-order valence-electron chi connectivity index (χ0n) is 14.8. The van der Waals surface area contributed by atoms with E-state index in [0.717, 1.165) is 12.1 Å². The molecule has 0 atom stereocenters. The number of carbonyl (C=O) groups is 1. The Morgan fingerprint density at radius 3 is 2.59 bits per heavy atom. The van der Waals surface area contributed by atoms with Gasteiger partial charge < -0.3 is 15.4 Å². The molecule has 0 radical (unpaired) electrons. The summed E-state index contributed by atoms with van der Waals surface area (Å²) in [5.41, 5.74) is -0.859. The minimum absolute atomic E-state index is 0.0709. The summed E-state index contributed by atoms with van der Waals surface area (Å²) in [6.45, 7) is -0.0709. The van der Waals surface area contributed by atoms with Gasteiger partial charge in [0.1, 0.15) is 11.6 Å². The quantitative estimate of drug-likeness (QED) is 0.562. The van der Waals surface area contributed by atoms with E-state index >= 15 is 0 Å². The SMILES string of the molecule is O=C(NCc1cccnc1Oc1cccc(F)c1)Nc1ccccc1C(F)(F)F. The van der Waals surface area contributed by atoms with Crippen molar-refractivity contribution >= 4 is 11.7 Å². The van der Waals surface area contributed by atoms with E-state index in [-0.39, 0.29) is 23.9 Å². The van der Waals surface area contributed by atoms with Gasteiger partial charge in [0.2, 0.25) is 5.88 Å². The van der Waals surface area contributed by atoms with Gasteiger partial charge in [-0.2, -0.15) is 13.2 Å². The van der Waals surface area contributed by atoms with Crippen LogP contribution in [-0.2, 0) is 12.7 Å². The lowest BCUT2D eigenvalue weighted by molar-refractivity contribution is -0.136. The van der Waals surface area contributed by atoms with Crippen molar-refractivity contribution in [2.24, 2.45) is 0 Å². The second-order valence-corrected chi connectivity index (χ2v) is 5.88. The molecule has 5 nitrogen and oxygen atoms in total. The molecular formula is C20H15F4N3O2. The highest BCUT2D eigenvalue weighted by Crippen LogP contribution is 2.34. The molecule has 0 spiro atoms. The molecule has 9 heteroatoms. The van der Waals surface area contributed by atoms with Crippen molar-refractivity contribution in [1.29, 1.82) is 0 Å². The average molecular weight is 405 g/mol. The Hall–Kier alpha value is -3.62. The van der Waals surface area contributed by atoms with Gasteiger partial charge in [-0.15, -0.1) is 0 Å². The Morgan fingerprint density at radius 2 is 1.83 bits per heavy atom. The number of aromatic nitrogens is 1. The molecule has 0 fully saturated rings. The van der Waals surface area contributed by atoms with E-state index in [1.807, 2.05) is 0 Å². The van der Waals surface area contributed by atoms with E-state index in [9.17, 15) is 22.4 Å². The van der Waals surface area contributed by atoms with Gasteiger partial charge in [0.15, 0.2) is 0 Å². The van der Waals surface area contributed by atoms with E-state index < -0.39 is 23.6 Å². The van der Waals surface area contributed by atoms with Gasteiger partial charge in [-0.25, -0.2) is 14.2 Å². The largest absolute Gasteiger partial charge is 0.439 e. The van der Waals surface area contributed by atoms with Crippen molar-refractivity contribution in [1.82, 2.24) is 10.3 Å². The Labute approximate surface area is 163 Å². The van der Waals surface area contributed by atoms with E-state index in [0.29, 0.717) is 5.56 Å². The summed E-state index contributed by atoms with van der Waals surface area (Å²) in [7, 11) is 0. The third-order valence-corrected chi connectivity index (χ3v) is 3.78. The normalized spacial score (nSPS) is 11.0. The number of hydrogen-bond acceptors (Lipinski definition) is 3. The Balaban J connectivity index is 1.67. The molecule has 150 valence electrons. The van der Waals surface area contributed by atoms with Gasteiger partial charge in [-0.1, -0.05) is 24.3 Å². The number of halogens is 4. The van der Waals surface area contributed by atoms with Crippen molar-refractivity contribution in [2.75, 3.05) is 5.32 Å². The van der Waals surface area contributed by atoms with E-state index in [1.54, 1.807) is 12.1 Å². The lowest BCUT2D eigenvalue weighted by atomic mass is 10.1. The molecule has 0 bridgehead atoms. The average Bonchev–Trinajstić information content (AvgIpc) is 2.67. The molecule has 0 aliphatic heterocycles. The number of carbonyl (C=O) groups excluding carboxylic acids is 1. The maximum atomic E-state index is 13.3. The molecule has 0 saturated carbocycles. The fourth-order valence-electron chi connectivity index (χ4n) is 2.47. The minimum atomic E-state index is -4.60. The topological polar surface area (TPSA) is 63.2 Å². The minimum Gasteiger partial charge on any atom is -0.439 e. The van der Waals surface area contributed by atoms with Gasteiger partial charge in [0.05, 0.1) is 11.3 Å². The van der Waals surface area contributed by atoms with Crippen LogP contribution in [0.4, 0.5) is 28.0 Å². The predicted molar refractivity (Wildman–Crippen MR) is 98.0 cm³/mol. The number of rotatable bonds is 5. The monoisotopic (exact) mass is 405 g/mol. The Bertz CT molecular complexity index is 1010. The Kier molecular flexibility index (Phi) is 5.96. The summed E-state index contributed by atoms with van der Waals surface area (Å²) in [4.78, 5) is 16.1. The van der Waals surface area contributed by atoms with Crippen LogP contribution in [0.5, 0.6) is 11.6 Å². The number of nitrogens with zero attached hydrogens (tertiary/aromatic N) is 1. The summed E-state index contributed by atoms with van der Waals surface area (Å²) in [6.07, 6.45) is -3.14. The third kappa shape index (κ3) is 5.44. The number of pyridine rings is 1. The smallest absolute Gasteiger partial charge is 0.418 e. The van der Waals surface area contributed by atoms with Crippen LogP contribution in [0, 0.1) is 5.82 Å². The first-order chi connectivity index (χ1) is 13.8. The third-order valence-electron chi connectivity index (χ3n) is 3.78. The van der Waals surface area contributed by atoms with Crippen LogP contribution < -0.4 is 15.4 Å². The van der Waals surface area contributed by atoms with Crippen molar-refractivity contribution in [3.8, 4) is 11.6 Å². The number of hydrogen-bond donors (Lipinski definition) is 2. The van der Waals surface area contributed by atoms with Crippen LogP contribution in [0.1, 0.15) is 11.1 Å². The predicted octanol–water partition coefficient (Wildman–Crippen LogP) is 5.35. The molecule has 29 heavy (non-hydrogen) atoms. The van der Waals surface area contributed by atoms with Crippen molar-refractivity contribution in [3.05, 3.63) is 83.8 Å². The zero-order chi connectivity index (χ0) is 20.9. The first-order valence-corrected chi connectivity index (χ1v) is 8.41. The van der Waals surface area contributed by atoms with Crippen molar-refractivity contribution in [3.63, 3.8) is 0 Å². The van der Waals surface area contributed by atoms with Crippen LogP contribution in [0.2, 0.25) is 0 Å². The molecule has 3 aromatic rings. The van der Waals surface area contributed by atoms with Crippen LogP contribution in [0.15, 0.2) is 66.9 Å². The number of benzene rings is 2. The van der Waals surface area contributed by atoms with Gasteiger partial charge in [-0.05, 0) is 30.3 Å². The van der Waals surface area contributed by atoms with Gasteiger partial charge in [0, 0.05) is 24.4 Å². The fourth-order valence-corrected chi connectivity index (χ4v) is 2.47. The molecule has 3 rings (SSSR count). The molecule has 1 aromatic heterocycles. The van der Waals surface area contributed by atoms with Gasteiger partial charge >= 0.3 is 12.2 Å². The van der Waals surface area contributed by atoms with E-state index in [1.165, 1.54) is 42.6 Å². The highest BCUT2D eigenvalue weighted by Gasteiger charge is 2.33. The maximum Gasteiger partial charge on any atom is 0.418 e. The number of ether oxygens (including phenoxy) is 1. The molecule has 2 amide bonds. The van der Waals surface area contributed by atoms with E-state index in [4.69, 9.17) is 4.74 Å². The molecule has 2 N–H and O–H groups in total. The second-order valence-electron chi connectivity index (χ2n) is 5.88. The molecule has 0 saturated heterocycles. The molecule has 0 aliphatic rings. The summed E-state index contributed by atoms with van der Waals surface area (Å²) < 4.78 is 57.9. The molecule has 0 aliphatic carbocycles. The first-order valence-electron chi connectivity index (χ1n) is 8.41. The molecule has 1 heterocycles. The zero-order valence-corrected chi connectivity index (χ0v) is 14.8. The highest BCUT2D eigenvalue weighted by molar-refractivity contribution is 5.90. The number of para-hydroxylation sites is 1. The summed E-state index contributed by atoms with van der Waals surface area (Å²) >= 11 is 0. The second kappa shape index (κ2) is 8.59. The molecular weight excluding hydrogens is 390 g/mol. The summed E-state index contributed by atoms with van der Waals surface area (Å²) in [6, 6.07) is 12.5. The summed E-state index contributed by atoms with van der Waals surface area (Å²) in [5, 5.41) is 4.64. The van der Waals surface area contributed by atoms with Crippen LogP contribution in [0.3, 0.4) is 0 Å². The highest BCUT2D eigenvalue weighted by atomic mass is 19.4. The Morgan fingerprint density at radius 1 is 1.03 bits per heavy atom. The lowest BCUT2D eigenvalue weighted by Gasteiger charge is -2.14. The molecule has 2 aromatic carbocycles.